The maximum atomic E-state index is 12.1. The number of fused-ring (bicyclic) bond motifs is 2. The fraction of sp³-hybridized carbons (Fsp3) is 0.933. The van der Waals surface area contributed by atoms with Gasteiger partial charge in [0.05, 0.1) is 0 Å². The van der Waals surface area contributed by atoms with Crippen molar-refractivity contribution in [2.45, 2.75) is 70.5 Å². The van der Waals surface area contributed by atoms with Crippen LogP contribution in [0.5, 0.6) is 0 Å². The molecule has 0 saturated carbocycles. The van der Waals surface area contributed by atoms with Crippen molar-refractivity contribution >= 4 is 5.91 Å². The third-order valence-corrected chi connectivity index (χ3v) is 4.45. The monoisotopic (exact) mass is 267 g/mol. The molecule has 3 atom stereocenters. The highest BCUT2D eigenvalue weighted by molar-refractivity contribution is 5.76. The Kier molecular flexibility index (Phi) is 5.22. The summed E-state index contributed by atoms with van der Waals surface area (Å²) in [5.41, 5.74) is 5.73. The van der Waals surface area contributed by atoms with Crippen molar-refractivity contribution in [3.05, 3.63) is 0 Å². The van der Waals surface area contributed by atoms with E-state index in [1.165, 1.54) is 25.7 Å². The molecule has 2 aliphatic heterocycles. The standard InChI is InChI=1S/C15H29N3O/c1-10(2)5-14(9-16)18-15(19)8-11-6-12-3-4-13(7-11)17-12/h10-14,17H,3-9,16H2,1-2H3,(H,18,19). The molecule has 1 amide bonds. The Labute approximate surface area is 116 Å². The normalized spacial score (nSPS) is 31.5. The van der Waals surface area contributed by atoms with Crippen LogP contribution in [-0.2, 0) is 4.79 Å². The lowest BCUT2D eigenvalue weighted by atomic mass is 9.89. The van der Waals surface area contributed by atoms with E-state index >= 15 is 0 Å². The minimum absolute atomic E-state index is 0.144. The summed E-state index contributed by atoms with van der Waals surface area (Å²) >= 11 is 0. The van der Waals surface area contributed by atoms with Gasteiger partial charge in [-0.2, -0.15) is 0 Å². The van der Waals surface area contributed by atoms with E-state index in [4.69, 9.17) is 5.73 Å². The molecular formula is C15H29N3O. The minimum Gasteiger partial charge on any atom is -0.352 e. The van der Waals surface area contributed by atoms with E-state index in [1.807, 2.05) is 0 Å². The Morgan fingerprint density at radius 2 is 1.95 bits per heavy atom. The van der Waals surface area contributed by atoms with Gasteiger partial charge in [0, 0.05) is 31.1 Å². The highest BCUT2D eigenvalue weighted by Gasteiger charge is 2.34. The zero-order chi connectivity index (χ0) is 13.8. The maximum Gasteiger partial charge on any atom is 0.220 e. The third-order valence-electron chi connectivity index (χ3n) is 4.45. The second-order valence-corrected chi connectivity index (χ2v) is 6.81. The van der Waals surface area contributed by atoms with E-state index in [0.29, 0.717) is 36.9 Å². The SMILES string of the molecule is CC(C)CC(CN)NC(=O)CC1CC2CCC(C1)N2. The van der Waals surface area contributed by atoms with Crippen LogP contribution in [0.2, 0.25) is 0 Å². The Balaban J connectivity index is 1.74. The molecular weight excluding hydrogens is 238 g/mol. The molecule has 0 aliphatic carbocycles. The lowest BCUT2D eigenvalue weighted by Crippen LogP contribution is -2.43. The zero-order valence-corrected chi connectivity index (χ0v) is 12.3. The molecule has 2 saturated heterocycles. The van der Waals surface area contributed by atoms with Crippen LogP contribution in [0.15, 0.2) is 0 Å². The molecule has 2 bridgehead atoms. The van der Waals surface area contributed by atoms with Crippen molar-refractivity contribution in [1.29, 1.82) is 0 Å². The number of carbonyl (C=O) groups is 1. The number of piperidine rings is 1. The lowest BCUT2D eigenvalue weighted by molar-refractivity contribution is -0.123. The van der Waals surface area contributed by atoms with Gasteiger partial charge in [-0.15, -0.1) is 0 Å². The molecule has 4 N–H and O–H groups in total. The molecule has 3 unspecified atom stereocenters. The molecule has 0 aromatic rings. The lowest BCUT2D eigenvalue weighted by Gasteiger charge is -2.29. The molecule has 0 aromatic carbocycles. The highest BCUT2D eigenvalue weighted by Crippen LogP contribution is 2.32. The molecule has 4 heteroatoms. The fourth-order valence-corrected chi connectivity index (χ4v) is 3.67. The second-order valence-electron chi connectivity index (χ2n) is 6.81. The average molecular weight is 267 g/mol. The van der Waals surface area contributed by atoms with Crippen molar-refractivity contribution < 1.29 is 4.79 Å². The van der Waals surface area contributed by atoms with Gasteiger partial charge in [0.2, 0.25) is 5.91 Å². The predicted octanol–water partition coefficient (Wildman–Crippen LogP) is 1.40. The summed E-state index contributed by atoms with van der Waals surface area (Å²) in [4.78, 5) is 12.1. The summed E-state index contributed by atoms with van der Waals surface area (Å²) in [6.07, 6.45) is 6.58. The minimum atomic E-state index is 0.144. The second kappa shape index (κ2) is 6.71. The van der Waals surface area contributed by atoms with E-state index in [1.54, 1.807) is 0 Å². The molecule has 0 radical (unpaired) electrons. The molecule has 2 heterocycles. The van der Waals surface area contributed by atoms with Crippen molar-refractivity contribution in [2.75, 3.05) is 6.54 Å². The van der Waals surface area contributed by atoms with Crippen molar-refractivity contribution in [3.8, 4) is 0 Å². The van der Waals surface area contributed by atoms with Gasteiger partial charge in [-0.3, -0.25) is 4.79 Å². The summed E-state index contributed by atoms with van der Waals surface area (Å²) < 4.78 is 0. The smallest absolute Gasteiger partial charge is 0.220 e. The van der Waals surface area contributed by atoms with Crippen LogP contribution >= 0.6 is 0 Å². The van der Waals surface area contributed by atoms with E-state index < -0.39 is 0 Å². The van der Waals surface area contributed by atoms with Crippen LogP contribution < -0.4 is 16.4 Å². The Hall–Kier alpha value is -0.610. The van der Waals surface area contributed by atoms with Crippen molar-refractivity contribution in [2.24, 2.45) is 17.6 Å². The Bertz CT molecular complexity index is 294. The van der Waals surface area contributed by atoms with Crippen LogP contribution in [-0.4, -0.2) is 30.6 Å². The molecule has 110 valence electrons. The van der Waals surface area contributed by atoms with E-state index in [-0.39, 0.29) is 11.9 Å². The van der Waals surface area contributed by atoms with Gasteiger partial charge >= 0.3 is 0 Å². The molecule has 4 nitrogen and oxygen atoms in total. The number of carbonyl (C=O) groups excluding carboxylic acids is 1. The largest absolute Gasteiger partial charge is 0.352 e. The Morgan fingerprint density at radius 1 is 1.32 bits per heavy atom. The summed E-state index contributed by atoms with van der Waals surface area (Å²) in [7, 11) is 0. The summed E-state index contributed by atoms with van der Waals surface area (Å²) in [5, 5.41) is 6.73. The number of hydrogen-bond donors (Lipinski definition) is 3. The molecule has 19 heavy (non-hydrogen) atoms. The molecule has 0 spiro atoms. The molecule has 2 aliphatic rings. The number of nitrogens with two attached hydrogens (primary N) is 1. The fourth-order valence-electron chi connectivity index (χ4n) is 3.67. The molecule has 2 fully saturated rings. The maximum absolute atomic E-state index is 12.1. The Morgan fingerprint density at radius 3 is 2.47 bits per heavy atom. The van der Waals surface area contributed by atoms with Crippen LogP contribution in [0.3, 0.4) is 0 Å². The quantitative estimate of drug-likeness (QED) is 0.681. The van der Waals surface area contributed by atoms with E-state index in [0.717, 1.165) is 6.42 Å². The first-order chi connectivity index (χ1) is 9.06. The summed E-state index contributed by atoms with van der Waals surface area (Å²) in [5.74, 6) is 1.34. The average Bonchev–Trinajstić information content (AvgIpc) is 2.67. The van der Waals surface area contributed by atoms with Crippen LogP contribution in [0.25, 0.3) is 0 Å². The first-order valence-electron chi connectivity index (χ1n) is 7.82. The molecule has 0 aromatic heterocycles. The summed E-state index contributed by atoms with van der Waals surface area (Å²) in [6.45, 7) is 4.88. The first kappa shape index (κ1) is 14.8. The number of hydrogen-bond acceptors (Lipinski definition) is 3. The van der Waals surface area contributed by atoms with Gasteiger partial charge in [0.1, 0.15) is 0 Å². The van der Waals surface area contributed by atoms with Crippen LogP contribution in [0.1, 0.15) is 52.4 Å². The van der Waals surface area contributed by atoms with Gasteiger partial charge in [0.25, 0.3) is 0 Å². The van der Waals surface area contributed by atoms with Gasteiger partial charge < -0.3 is 16.4 Å². The van der Waals surface area contributed by atoms with Crippen LogP contribution in [0.4, 0.5) is 0 Å². The third kappa shape index (κ3) is 4.46. The summed E-state index contributed by atoms with van der Waals surface area (Å²) in [6, 6.07) is 1.47. The highest BCUT2D eigenvalue weighted by atomic mass is 16.1. The first-order valence-corrected chi connectivity index (χ1v) is 7.82. The van der Waals surface area contributed by atoms with Gasteiger partial charge in [-0.1, -0.05) is 13.8 Å². The van der Waals surface area contributed by atoms with Crippen molar-refractivity contribution in [3.63, 3.8) is 0 Å². The van der Waals surface area contributed by atoms with E-state index in [9.17, 15) is 4.79 Å². The van der Waals surface area contributed by atoms with Gasteiger partial charge in [0.15, 0.2) is 0 Å². The van der Waals surface area contributed by atoms with Crippen LogP contribution in [0, 0.1) is 11.8 Å². The van der Waals surface area contributed by atoms with Gasteiger partial charge in [-0.25, -0.2) is 0 Å². The zero-order valence-electron chi connectivity index (χ0n) is 12.3. The van der Waals surface area contributed by atoms with Gasteiger partial charge in [-0.05, 0) is 43.9 Å². The number of nitrogens with one attached hydrogen (secondary N) is 2. The topological polar surface area (TPSA) is 67.1 Å². The van der Waals surface area contributed by atoms with E-state index in [2.05, 4.69) is 24.5 Å². The molecule has 2 rings (SSSR count). The predicted molar refractivity (Wildman–Crippen MR) is 77.7 cm³/mol. The number of amides is 1. The number of rotatable bonds is 6. The van der Waals surface area contributed by atoms with Crippen molar-refractivity contribution in [1.82, 2.24) is 10.6 Å².